The van der Waals surface area contributed by atoms with Gasteiger partial charge < -0.3 is 31.1 Å². The molecule has 9 nitrogen and oxygen atoms in total. The minimum absolute atomic E-state index is 0.0756. The third-order valence-corrected chi connectivity index (χ3v) is 1.62. The van der Waals surface area contributed by atoms with Crippen LogP contribution in [-0.2, 0) is 13.2 Å². The highest BCUT2D eigenvalue weighted by Crippen LogP contribution is 1.98. The maximum atomic E-state index is 9.26. The number of nitrogens with one attached hydrogen (secondary N) is 2. The number of aromatic nitrogens is 1. The van der Waals surface area contributed by atoms with E-state index in [1.54, 1.807) is 18.2 Å². The van der Waals surface area contributed by atoms with Gasteiger partial charge in [0.25, 0.3) is 0 Å². The third kappa shape index (κ3) is 13.7. The number of carboxylic acid groups (broad SMARTS) is 2. The lowest BCUT2D eigenvalue weighted by Gasteiger charge is -1.96. The maximum Gasteiger partial charge on any atom is 0.404 e. The van der Waals surface area contributed by atoms with Crippen LogP contribution in [0.2, 0.25) is 0 Å². The summed E-state index contributed by atoms with van der Waals surface area (Å²) in [7, 11) is 2.70. The smallest absolute Gasteiger partial charge is 0.404 e. The van der Waals surface area contributed by atoms with Gasteiger partial charge in [-0.15, -0.1) is 0 Å². The number of aliphatic hydroxyl groups is 2. The van der Waals surface area contributed by atoms with Gasteiger partial charge in [0, 0.05) is 14.1 Å². The van der Waals surface area contributed by atoms with Crippen molar-refractivity contribution >= 4 is 12.2 Å². The summed E-state index contributed by atoms with van der Waals surface area (Å²) in [5.41, 5.74) is 1.18. The van der Waals surface area contributed by atoms with Gasteiger partial charge in [-0.05, 0) is 12.1 Å². The number of carbonyl (C=O) groups is 2. The lowest BCUT2D eigenvalue weighted by molar-refractivity contribution is 0.196. The van der Waals surface area contributed by atoms with Crippen LogP contribution in [0, 0.1) is 0 Å². The zero-order valence-electron chi connectivity index (χ0n) is 11.2. The van der Waals surface area contributed by atoms with Crippen LogP contribution < -0.4 is 10.6 Å². The fourth-order valence-electron chi connectivity index (χ4n) is 0.705. The summed E-state index contributed by atoms with van der Waals surface area (Å²) in [6.07, 6.45) is -1.99. The average molecular weight is 289 g/mol. The van der Waals surface area contributed by atoms with E-state index < -0.39 is 12.2 Å². The molecule has 0 saturated heterocycles. The van der Waals surface area contributed by atoms with Crippen molar-refractivity contribution in [2.75, 3.05) is 14.1 Å². The van der Waals surface area contributed by atoms with Gasteiger partial charge in [0.05, 0.1) is 24.6 Å². The molecule has 0 spiro atoms. The highest BCUT2D eigenvalue weighted by Gasteiger charge is 1.92. The van der Waals surface area contributed by atoms with Gasteiger partial charge in [0.2, 0.25) is 0 Å². The van der Waals surface area contributed by atoms with Crippen molar-refractivity contribution in [3.05, 3.63) is 29.6 Å². The van der Waals surface area contributed by atoms with E-state index in [4.69, 9.17) is 20.4 Å². The van der Waals surface area contributed by atoms with Crippen LogP contribution in [0.15, 0.2) is 18.2 Å². The molecule has 1 aromatic rings. The van der Waals surface area contributed by atoms with Crippen molar-refractivity contribution in [2.24, 2.45) is 0 Å². The molecular formula is C11H19N3O6. The van der Waals surface area contributed by atoms with Crippen LogP contribution in [0.5, 0.6) is 0 Å². The van der Waals surface area contributed by atoms with E-state index in [0.717, 1.165) is 0 Å². The van der Waals surface area contributed by atoms with Crippen molar-refractivity contribution < 1.29 is 30.0 Å². The molecule has 0 aliphatic rings. The molecule has 1 rings (SSSR count). The second-order valence-corrected chi connectivity index (χ2v) is 3.05. The molecule has 0 aliphatic heterocycles. The van der Waals surface area contributed by atoms with Crippen LogP contribution in [0.1, 0.15) is 11.4 Å². The monoisotopic (exact) mass is 289 g/mol. The lowest BCUT2D eigenvalue weighted by Crippen LogP contribution is -2.13. The Morgan fingerprint density at radius 2 is 1.30 bits per heavy atom. The SMILES string of the molecule is CNC(=O)O.CNC(=O)O.OCc1cccc(CO)n1. The van der Waals surface area contributed by atoms with Gasteiger partial charge in [0.1, 0.15) is 0 Å². The van der Waals surface area contributed by atoms with Crippen molar-refractivity contribution in [1.29, 1.82) is 0 Å². The van der Waals surface area contributed by atoms with Crippen LogP contribution in [0.4, 0.5) is 9.59 Å². The van der Waals surface area contributed by atoms with Gasteiger partial charge in [-0.3, -0.25) is 4.98 Å². The number of hydrogen-bond acceptors (Lipinski definition) is 5. The summed E-state index contributed by atoms with van der Waals surface area (Å²) in [5, 5.41) is 36.3. The second kappa shape index (κ2) is 13.1. The van der Waals surface area contributed by atoms with E-state index in [9.17, 15) is 9.59 Å². The molecule has 0 radical (unpaired) electrons. The molecule has 6 N–H and O–H groups in total. The molecule has 0 saturated carbocycles. The number of amides is 2. The molecule has 9 heteroatoms. The van der Waals surface area contributed by atoms with Gasteiger partial charge >= 0.3 is 12.2 Å². The summed E-state index contributed by atoms with van der Waals surface area (Å²) in [6.45, 7) is -0.151. The standard InChI is InChI=1S/C7H9NO2.2C2H5NO2/c9-4-6-2-1-3-7(5-10)8-6;2*1-3-2(4)5/h1-3,9-10H,4-5H2;2*3H,1H3,(H,4,5). The van der Waals surface area contributed by atoms with Crippen LogP contribution in [-0.4, -0.2) is 51.7 Å². The number of hydrogen-bond donors (Lipinski definition) is 6. The predicted octanol–water partition coefficient (Wildman–Crippen LogP) is -0.166. The first-order chi connectivity index (χ1) is 9.40. The molecule has 0 aromatic carbocycles. The van der Waals surface area contributed by atoms with Gasteiger partial charge in [-0.1, -0.05) is 6.07 Å². The number of rotatable bonds is 2. The zero-order valence-corrected chi connectivity index (χ0v) is 11.2. The van der Waals surface area contributed by atoms with Crippen LogP contribution in [0.3, 0.4) is 0 Å². The Bertz CT molecular complexity index is 366. The quantitative estimate of drug-likeness (QED) is 0.442. The highest BCUT2D eigenvalue weighted by atomic mass is 16.4. The maximum absolute atomic E-state index is 9.26. The second-order valence-electron chi connectivity index (χ2n) is 3.05. The molecular weight excluding hydrogens is 270 g/mol. The highest BCUT2D eigenvalue weighted by molar-refractivity contribution is 5.64. The number of pyridine rings is 1. The molecule has 1 heterocycles. The normalized spacial score (nSPS) is 8.20. The number of aliphatic hydroxyl groups excluding tert-OH is 2. The Morgan fingerprint density at radius 3 is 1.50 bits per heavy atom. The summed E-state index contributed by atoms with van der Waals surface area (Å²) in [6, 6.07) is 5.17. The predicted molar refractivity (Wildman–Crippen MR) is 70.3 cm³/mol. The van der Waals surface area contributed by atoms with Gasteiger partial charge in [-0.25, -0.2) is 9.59 Å². The van der Waals surface area contributed by atoms with Gasteiger partial charge in [-0.2, -0.15) is 0 Å². The van der Waals surface area contributed by atoms with Crippen molar-refractivity contribution in [3.8, 4) is 0 Å². The third-order valence-electron chi connectivity index (χ3n) is 1.62. The molecule has 0 fully saturated rings. The Kier molecular flexibility index (Phi) is 13.0. The first-order valence-corrected chi connectivity index (χ1v) is 5.39. The Labute approximate surface area is 115 Å². The minimum atomic E-state index is -0.995. The fraction of sp³-hybridized carbons (Fsp3) is 0.364. The first-order valence-electron chi connectivity index (χ1n) is 5.39. The summed E-state index contributed by atoms with van der Waals surface area (Å²) >= 11 is 0. The van der Waals surface area contributed by atoms with E-state index in [0.29, 0.717) is 11.4 Å². The molecule has 2 amide bonds. The van der Waals surface area contributed by atoms with Crippen molar-refractivity contribution in [3.63, 3.8) is 0 Å². The Hall–Kier alpha value is -2.39. The van der Waals surface area contributed by atoms with Crippen molar-refractivity contribution in [1.82, 2.24) is 15.6 Å². The summed E-state index contributed by atoms with van der Waals surface area (Å²) in [4.78, 5) is 22.4. The van der Waals surface area contributed by atoms with E-state index in [1.807, 2.05) is 10.6 Å². The largest absolute Gasteiger partial charge is 0.465 e. The van der Waals surface area contributed by atoms with Crippen LogP contribution in [0.25, 0.3) is 0 Å². The molecule has 0 bridgehead atoms. The Balaban J connectivity index is 0. The first kappa shape index (κ1) is 19.9. The van der Waals surface area contributed by atoms with Gasteiger partial charge in [0.15, 0.2) is 0 Å². The molecule has 1 aromatic heterocycles. The van der Waals surface area contributed by atoms with Crippen molar-refractivity contribution in [2.45, 2.75) is 13.2 Å². The summed E-state index contributed by atoms with van der Waals surface area (Å²) in [5.74, 6) is 0. The Morgan fingerprint density at radius 1 is 1.00 bits per heavy atom. The van der Waals surface area contributed by atoms with E-state index in [-0.39, 0.29) is 13.2 Å². The molecule has 0 aliphatic carbocycles. The summed E-state index contributed by atoms with van der Waals surface area (Å²) < 4.78 is 0. The molecule has 114 valence electrons. The van der Waals surface area contributed by atoms with E-state index in [2.05, 4.69) is 4.98 Å². The zero-order chi connectivity index (χ0) is 16.0. The fourth-order valence-corrected chi connectivity index (χ4v) is 0.705. The average Bonchev–Trinajstić information content (AvgIpc) is 2.48. The lowest BCUT2D eigenvalue weighted by atomic mass is 10.3. The van der Waals surface area contributed by atoms with E-state index in [1.165, 1.54) is 14.1 Å². The van der Waals surface area contributed by atoms with Crippen LogP contribution >= 0.6 is 0 Å². The molecule has 20 heavy (non-hydrogen) atoms. The minimum Gasteiger partial charge on any atom is -0.465 e. The van der Waals surface area contributed by atoms with E-state index >= 15 is 0 Å². The molecule has 0 atom stereocenters. The number of nitrogens with zero attached hydrogens (tertiary/aromatic N) is 1. The molecule has 0 unspecified atom stereocenters. The topological polar surface area (TPSA) is 152 Å².